The molecule has 1 aromatic rings. The Bertz CT molecular complexity index is 275. The van der Waals surface area contributed by atoms with Gasteiger partial charge in [-0.25, -0.2) is 0 Å². The van der Waals surface area contributed by atoms with Crippen LogP contribution in [0.4, 0.5) is 0 Å². The Morgan fingerprint density at radius 3 is 3.00 bits per heavy atom. The number of carbonyl (C=O) groups excluding carboxylic acids is 1. The number of thiophene rings is 1. The van der Waals surface area contributed by atoms with Gasteiger partial charge < -0.3 is 15.4 Å². The average Bonchev–Trinajstić information content (AvgIpc) is 2.76. The highest BCUT2D eigenvalue weighted by atomic mass is 32.1. The largest absolute Gasteiger partial charge is 0.383 e. The van der Waals surface area contributed by atoms with E-state index < -0.39 is 0 Å². The normalized spacial score (nSPS) is 10.2. The highest BCUT2D eigenvalue weighted by Gasteiger charge is 2.03. The molecule has 0 aromatic carbocycles. The smallest absolute Gasteiger partial charge is 0.261 e. The van der Waals surface area contributed by atoms with Crippen molar-refractivity contribution < 1.29 is 9.53 Å². The molecule has 0 bridgehead atoms. The monoisotopic (exact) mass is 228 g/mol. The number of hydrogen-bond donors (Lipinski definition) is 2. The summed E-state index contributed by atoms with van der Waals surface area (Å²) in [5, 5.41) is 7.88. The topological polar surface area (TPSA) is 50.4 Å². The molecular formula is C10H16N2O2S. The predicted octanol–water partition coefficient (Wildman–Crippen LogP) is 0.714. The molecule has 0 spiro atoms. The number of ether oxygens (including phenoxy) is 1. The molecule has 0 aliphatic heterocycles. The fourth-order valence-corrected chi connectivity index (χ4v) is 1.70. The van der Waals surface area contributed by atoms with Crippen LogP contribution in [0, 0.1) is 0 Å². The Balaban J connectivity index is 2.03. The van der Waals surface area contributed by atoms with E-state index in [9.17, 15) is 4.79 Å². The molecule has 0 radical (unpaired) electrons. The van der Waals surface area contributed by atoms with E-state index in [1.54, 1.807) is 7.11 Å². The third-order valence-electron chi connectivity index (χ3n) is 1.82. The van der Waals surface area contributed by atoms with Crippen molar-refractivity contribution in [1.82, 2.24) is 10.6 Å². The maximum absolute atomic E-state index is 11.4. The van der Waals surface area contributed by atoms with Gasteiger partial charge in [-0.15, -0.1) is 11.3 Å². The minimum atomic E-state index is -0.00135. The van der Waals surface area contributed by atoms with Crippen molar-refractivity contribution >= 4 is 17.2 Å². The zero-order chi connectivity index (χ0) is 10.9. The molecule has 0 fully saturated rings. The minimum Gasteiger partial charge on any atom is -0.383 e. The highest BCUT2D eigenvalue weighted by molar-refractivity contribution is 7.12. The molecule has 0 saturated carbocycles. The van der Waals surface area contributed by atoms with Crippen LogP contribution in [-0.4, -0.2) is 39.3 Å². The molecule has 4 nitrogen and oxygen atoms in total. The summed E-state index contributed by atoms with van der Waals surface area (Å²) >= 11 is 1.45. The number of nitrogens with one attached hydrogen (secondary N) is 2. The third-order valence-corrected chi connectivity index (χ3v) is 2.68. The van der Waals surface area contributed by atoms with Crippen molar-refractivity contribution in [3.8, 4) is 0 Å². The zero-order valence-electron chi connectivity index (χ0n) is 8.79. The molecular weight excluding hydrogens is 212 g/mol. The van der Waals surface area contributed by atoms with E-state index >= 15 is 0 Å². The summed E-state index contributed by atoms with van der Waals surface area (Å²) < 4.78 is 4.88. The van der Waals surface area contributed by atoms with Crippen LogP contribution in [0.15, 0.2) is 17.5 Å². The number of methoxy groups -OCH3 is 1. The molecule has 1 amide bonds. The molecule has 15 heavy (non-hydrogen) atoms. The summed E-state index contributed by atoms with van der Waals surface area (Å²) in [6.07, 6.45) is 0. The molecule has 1 aromatic heterocycles. The first-order valence-electron chi connectivity index (χ1n) is 4.86. The Hall–Kier alpha value is -0.910. The van der Waals surface area contributed by atoms with E-state index in [2.05, 4.69) is 10.6 Å². The fourth-order valence-electron chi connectivity index (χ4n) is 1.06. The van der Waals surface area contributed by atoms with Gasteiger partial charge in [-0.2, -0.15) is 0 Å². The summed E-state index contributed by atoms with van der Waals surface area (Å²) in [6, 6.07) is 3.69. The molecule has 1 heterocycles. The number of rotatable bonds is 7. The van der Waals surface area contributed by atoms with Crippen LogP contribution in [0.25, 0.3) is 0 Å². The molecule has 1 rings (SSSR count). The summed E-state index contributed by atoms with van der Waals surface area (Å²) in [7, 11) is 1.67. The Labute approximate surface area is 93.6 Å². The lowest BCUT2D eigenvalue weighted by Crippen LogP contribution is -2.32. The van der Waals surface area contributed by atoms with Crippen LogP contribution in [0.2, 0.25) is 0 Å². The van der Waals surface area contributed by atoms with Gasteiger partial charge in [0.2, 0.25) is 0 Å². The zero-order valence-corrected chi connectivity index (χ0v) is 9.60. The first-order valence-corrected chi connectivity index (χ1v) is 5.74. The number of amides is 1. The van der Waals surface area contributed by atoms with Crippen LogP contribution in [0.1, 0.15) is 9.67 Å². The van der Waals surface area contributed by atoms with Gasteiger partial charge in [0.25, 0.3) is 5.91 Å². The summed E-state index contributed by atoms with van der Waals surface area (Å²) in [5.74, 6) is -0.00135. The molecule has 0 atom stereocenters. The lowest BCUT2D eigenvalue weighted by Gasteiger charge is -2.05. The fraction of sp³-hybridized carbons (Fsp3) is 0.500. The SMILES string of the molecule is COCCNCCNC(=O)c1cccs1. The predicted molar refractivity (Wildman–Crippen MR) is 61.4 cm³/mol. The summed E-state index contributed by atoms with van der Waals surface area (Å²) in [4.78, 5) is 12.2. The van der Waals surface area contributed by atoms with Crippen molar-refractivity contribution in [2.24, 2.45) is 0 Å². The third kappa shape index (κ3) is 4.92. The molecule has 0 unspecified atom stereocenters. The summed E-state index contributed by atoms with van der Waals surface area (Å²) in [6.45, 7) is 2.91. The second-order valence-corrected chi connectivity index (χ2v) is 3.92. The van der Waals surface area contributed by atoms with Crippen molar-refractivity contribution in [2.75, 3.05) is 33.4 Å². The Morgan fingerprint density at radius 2 is 2.33 bits per heavy atom. The van der Waals surface area contributed by atoms with Gasteiger partial charge in [-0.1, -0.05) is 6.07 Å². The molecule has 0 saturated heterocycles. The quantitative estimate of drug-likeness (QED) is 0.676. The lowest BCUT2D eigenvalue weighted by atomic mass is 10.4. The van der Waals surface area contributed by atoms with Crippen LogP contribution >= 0.6 is 11.3 Å². The second kappa shape index (κ2) is 7.39. The number of carbonyl (C=O) groups is 1. The first kappa shape index (κ1) is 12.2. The van der Waals surface area contributed by atoms with Crippen LogP contribution in [-0.2, 0) is 4.74 Å². The first-order chi connectivity index (χ1) is 7.34. The number of hydrogen-bond acceptors (Lipinski definition) is 4. The van der Waals surface area contributed by atoms with E-state index in [0.717, 1.165) is 18.0 Å². The van der Waals surface area contributed by atoms with Gasteiger partial charge in [0.1, 0.15) is 0 Å². The van der Waals surface area contributed by atoms with E-state index in [0.29, 0.717) is 13.2 Å². The minimum absolute atomic E-state index is 0.00135. The van der Waals surface area contributed by atoms with Crippen LogP contribution in [0.5, 0.6) is 0 Å². The van der Waals surface area contributed by atoms with E-state index in [-0.39, 0.29) is 5.91 Å². The standard InChI is InChI=1S/C10H16N2O2S/c1-14-7-6-11-4-5-12-10(13)9-3-2-8-15-9/h2-3,8,11H,4-7H2,1H3,(H,12,13). The molecule has 2 N–H and O–H groups in total. The van der Waals surface area contributed by atoms with E-state index in [1.165, 1.54) is 11.3 Å². The lowest BCUT2D eigenvalue weighted by molar-refractivity contribution is 0.0958. The maximum atomic E-state index is 11.4. The summed E-state index contributed by atoms with van der Waals surface area (Å²) in [5.41, 5.74) is 0. The van der Waals surface area contributed by atoms with E-state index in [4.69, 9.17) is 4.74 Å². The average molecular weight is 228 g/mol. The van der Waals surface area contributed by atoms with Crippen molar-refractivity contribution in [2.45, 2.75) is 0 Å². The van der Waals surface area contributed by atoms with Crippen molar-refractivity contribution in [3.05, 3.63) is 22.4 Å². The molecule has 5 heteroatoms. The Morgan fingerprint density at radius 1 is 1.47 bits per heavy atom. The van der Waals surface area contributed by atoms with Gasteiger partial charge in [-0.05, 0) is 11.4 Å². The van der Waals surface area contributed by atoms with Gasteiger partial charge in [-0.3, -0.25) is 4.79 Å². The Kier molecular flexibility index (Phi) is 5.99. The van der Waals surface area contributed by atoms with Gasteiger partial charge >= 0.3 is 0 Å². The van der Waals surface area contributed by atoms with Gasteiger partial charge in [0.05, 0.1) is 11.5 Å². The van der Waals surface area contributed by atoms with Gasteiger partial charge in [0, 0.05) is 26.7 Å². The molecule has 0 aliphatic rings. The van der Waals surface area contributed by atoms with E-state index in [1.807, 2.05) is 17.5 Å². The van der Waals surface area contributed by atoms with Crippen molar-refractivity contribution in [3.63, 3.8) is 0 Å². The molecule has 0 aliphatic carbocycles. The van der Waals surface area contributed by atoms with Crippen molar-refractivity contribution in [1.29, 1.82) is 0 Å². The highest BCUT2D eigenvalue weighted by Crippen LogP contribution is 2.07. The van der Waals surface area contributed by atoms with Gasteiger partial charge in [0.15, 0.2) is 0 Å². The maximum Gasteiger partial charge on any atom is 0.261 e. The van der Waals surface area contributed by atoms with Crippen LogP contribution < -0.4 is 10.6 Å². The second-order valence-electron chi connectivity index (χ2n) is 2.98. The van der Waals surface area contributed by atoms with Crippen LogP contribution in [0.3, 0.4) is 0 Å². The molecule has 84 valence electrons.